The number of hydrogen-bond acceptors (Lipinski definition) is 2. The van der Waals surface area contributed by atoms with Crippen molar-refractivity contribution in [2.75, 3.05) is 19.6 Å². The Hall–Kier alpha value is -0.260. The highest BCUT2D eigenvalue weighted by Crippen LogP contribution is 2.17. The molecule has 0 aromatic rings. The van der Waals surface area contributed by atoms with Gasteiger partial charge < -0.3 is 4.90 Å². The van der Waals surface area contributed by atoms with E-state index in [4.69, 9.17) is 11.6 Å². The first-order valence-corrected chi connectivity index (χ1v) is 13.9. The molecule has 0 saturated heterocycles. The highest BCUT2D eigenvalue weighted by atomic mass is 35.5. The quantitative estimate of drug-likeness (QED) is 0.117. The van der Waals surface area contributed by atoms with Crippen LogP contribution in [0.3, 0.4) is 0 Å². The lowest BCUT2D eigenvalue weighted by Gasteiger charge is -2.25. The Labute approximate surface area is 195 Å². The number of alkyl halides is 1. The van der Waals surface area contributed by atoms with Crippen molar-refractivity contribution in [1.82, 2.24) is 4.90 Å². The van der Waals surface area contributed by atoms with Crippen molar-refractivity contribution in [3.05, 3.63) is 0 Å². The minimum absolute atomic E-state index is 0.164. The van der Waals surface area contributed by atoms with E-state index in [9.17, 15) is 5.26 Å². The Kier molecular flexibility index (Phi) is 23.2. The van der Waals surface area contributed by atoms with Gasteiger partial charge in [-0.1, -0.05) is 124 Å². The second kappa shape index (κ2) is 23.4. The summed E-state index contributed by atoms with van der Waals surface area (Å²) in [5.41, 5.74) is 0. The topological polar surface area (TPSA) is 27.0 Å². The van der Waals surface area contributed by atoms with Gasteiger partial charge in [-0.2, -0.15) is 5.26 Å². The van der Waals surface area contributed by atoms with Crippen molar-refractivity contribution in [3.63, 3.8) is 0 Å². The maximum atomic E-state index is 9.58. The third-order valence-electron chi connectivity index (χ3n) is 6.34. The summed E-state index contributed by atoms with van der Waals surface area (Å²) in [6, 6.07) is 2.56. The van der Waals surface area contributed by atoms with Crippen LogP contribution >= 0.6 is 11.6 Å². The molecule has 2 nitrogen and oxygen atoms in total. The average Bonchev–Trinajstić information content (AvgIpc) is 2.75. The molecule has 0 heterocycles. The fourth-order valence-electron chi connectivity index (χ4n) is 4.24. The minimum Gasteiger partial charge on any atom is -0.301 e. The van der Waals surface area contributed by atoms with Crippen LogP contribution in [-0.2, 0) is 0 Å². The maximum Gasteiger partial charge on any atom is 0.0669 e. The van der Waals surface area contributed by atoms with E-state index in [-0.39, 0.29) is 11.3 Å². The van der Waals surface area contributed by atoms with Crippen LogP contribution in [0.15, 0.2) is 0 Å². The van der Waals surface area contributed by atoms with E-state index >= 15 is 0 Å². The van der Waals surface area contributed by atoms with E-state index in [1.165, 1.54) is 103 Å². The van der Waals surface area contributed by atoms with Crippen molar-refractivity contribution in [3.8, 4) is 6.07 Å². The summed E-state index contributed by atoms with van der Waals surface area (Å²) in [7, 11) is 0. The van der Waals surface area contributed by atoms with Crippen LogP contribution in [0.5, 0.6) is 0 Å². The molecule has 0 fully saturated rings. The van der Waals surface area contributed by atoms with Crippen molar-refractivity contribution in [2.24, 2.45) is 5.92 Å². The molecule has 2 atom stereocenters. The molecule has 0 rings (SSSR count). The largest absolute Gasteiger partial charge is 0.301 e. The molecule has 178 valence electrons. The zero-order valence-corrected chi connectivity index (χ0v) is 21.5. The Morgan fingerprint density at radius 2 is 1.07 bits per heavy atom. The summed E-state index contributed by atoms with van der Waals surface area (Å²) in [4.78, 5) is 2.40. The molecule has 0 radical (unpaired) electrons. The molecular weight excluding hydrogens is 388 g/mol. The summed E-state index contributed by atoms with van der Waals surface area (Å²) in [5.74, 6) is 0.164. The number of nitrogens with zero attached hydrogens (tertiary/aromatic N) is 2. The van der Waals surface area contributed by atoms with Gasteiger partial charge in [-0.25, -0.2) is 0 Å². The monoisotopic (exact) mass is 440 g/mol. The molecule has 0 aliphatic heterocycles. The smallest absolute Gasteiger partial charge is 0.0669 e. The van der Waals surface area contributed by atoms with E-state index in [1.54, 1.807) is 0 Å². The lowest BCUT2D eigenvalue weighted by Crippen LogP contribution is -2.34. The Morgan fingerprint density at radius 3 is 1.50 bits per heavy atom. The highest BCUT2D eigenvalue weighted by molar-refractivity contribution is 6.20. The highest BCUT2D eigenvalue weighted by Gasteiger charge is 2.15. The second-order valence-electron chi connectivity index (χ2n) is 9.30. The van der Waals surface area contributed by atoms with E-state index < -0.39 is 0 Å². The van der Waals surface area contributed by atoms with Crippen molar-refractivity contribution < 1.29 is 0 Å². The molecule has 0 amide bonds. The first-order valence-electron chi connectivity index (χ1n) is 13.4. The zero-order valence-electron chi connectivity index (χ0n) is 20.8. The number of nitriles is 1. The van der Waals surface area contributed by atoms with Crippen LogP contribution in [0.2, 0.25) is 0 Å². The molecule has 30 heavy (non-hydrogen) atoms. The fourth-order valence-corrected chi connectivity index (χ4v) is 4.59. The van der Waals surface area contributed by atoms with Gasteiger partial charge in [-0.05, 0) is 19.4 Å². The van der Waals surface area contributed by atoms with Crippen molar-refractivity contribution in [1.29, 1.82) is 5.26 Å². The molecule has 0 aliphatic rings. The Bertz CT molecular complexity index is 380. The molecule has 0 aromatic heterocycles. The Balaban J connectivity index is 3.79. The van der Waals surface area contributed by atoms with Crippen molar-refractivity contribution >= 4 is 11.6 Å². The molecule has 0 aromatic carbocycles. The number of hydrogen-bond donors (Lipinski definition) is 0. The van der Waals surface area contributed by atoms with Crippen LogP contribution in [-0.4, -0.2) is 29.9 Å². The Morgan fingerprint density at radius 1 is 0.633 bits per heavy atom. The van der Waals surface area contributed by atoms with Gasteiger partial charge in [0.25, 0.3) is 0 Å². The first-order chi connectivity index (χ1) is 14.7. The number of unbranched alkanes of at least 4 members (excludes halogenated alkanes) is 14. The lowest BCUT2D eigenvalue weighted by molar-refractivity contribution is 0.251. The zero-order chi connectivity index (χ0) is 22.3. The normalized spacial score (nSPS) is 13.5. The first kappa shape index (κ1) is 29.7. The van der Waals surface area contributed by atoms with Gasteiger partial charge in [0.2, 0.25) is 0 Å². The maximum absolute atomic E-state index is 9.58. The standard InChI is InChI=1S/C27H53ClN2/c1-4-7-9-11-13-14-15-16-17-19-21-26(23-29)24-30(6-3)25-27(28)22-20-18-12-10-8-5-2/h26-27H,4-22,24-25H2,1-3H3. The van der Waals surface area contributed by atoms with Gasteiger partial charge in [-0.15, -0.1) is 11.6 Å². The van der Waals surface area contributed by atoms with Gasteiger partial charge >= 0.3 is 0 Å². The van der Waals surface area contributed by atoms with Crippen molar-refractivity contribution in [2.45, 2.75) is 142 Å². The van der Waals surface area contributed by atoms with Crippen LogP contribution in [0.4, 0.5) is 0 Å². The lowest BCUT2D eigenvalue weighted by atomic mass is 10.00. The average molecular weight is 441 g/mol. The predicted molar refractivity (Wildman–Crippen MR) is 135 cm³/mol. The van der Waals surface area contributed by atoms with Gasteiger partial charge in [0.1, 0.15) is 0 Å². The summed E-state index contributed by atoms with van der Waals surface area (Å²) in [6.07, 6.45) is 23.7. The summed E-state index contributed by atoms with van der Waals surface area (Å²) < 4.78 is 0. The summed E-state index contributed by atoms with van der Waals surface area (Å²) in [6.45, 7) is 9.56. The third-order valence-corrected chi connectivity index (χ3v) is 6.70. The van der Waals surface area contributed by atoms with E-state index in [0.717, 1.165) is 32.5 Å². The number of rotatable bonds is 23. The van der Waals surface area contributed by atoms with E-state index in [0.29, 0.717) is 0 Å². The molecule has 0 bridgehead atoms. The van der Waals surface area contributed by atoms with Crippen LogP contribution < -0.4 is 0 Å². The fraction of sp³-hybridized carbons (Fsp3) is 0.963. The molecule has 0 spiro atoms. The molecule has 2 unspecified atom stereocenters. The molecule has 3 heteroatoms. The SMILES string of the molecule is CCCCCCCCCCCCC(C#N)CN(CC)CC(Cl)CCCCCCCC. The van der Waals surface area contributed by atoms with Gasteiger partial charge in [-0.3, -0.25) is 0 Å². The van der Waals surface area contributed by atoms with Crippen LogP contribution in [0, 0.1) is 17.2 Å². The third kappa shape index (κ3) is 19.7. The van der Waals surface area contributed by atoms with Gasteiger partial charge in [0.15, 0.2) is 0 Å². The minimum atomic E-state index is 0.164. The number of halogens is 1. The second-order valence-corrected chi connectivity index (χ2v) is 9.92. The summed E-state index contributed by atoms with van der Waals surface area (Å²) in [5, 5.41) is 9.81. The molecule has 0 aliphatic carbocycles. The van der Waals surface area contributed by atoms with Gasteiger partial charge in [0.05, 0.1) is 12.0 Å². The van der Waals surface area contributed by atoms with Crippen LogP contribution in [0.1, 0.15) is 136 Å². The summed E-state index contributed by atoms with van der Waals surface area (Å²) >= 11 is 6.61. The van der Waals surface area contributed by atoms with E-state index in [2.05, 4.69) is 31.7 Å². The predicted octanol–water partition coefficient (Wildman–Crippen LogP) is 9.12. The molecule has 0 N–H and O–H groups in total. The molecule has 0 saturated carbocycles. The van der Waals surface area contributed by atoms with Crippen LogP contribution in [0.25, 0.3) is 0 Å². The molecular formula is C27H53ClN2. The van der Waals surface area contributed by atoms with Gasteiger partial charge in [0, 0.05) is 18.5 Å². The van der Waals surface area contributed by atoms with E-state index in [1.807, 2.05) is 0 Å².